The van der Waals surface area contributed by atoms with Crippen LogP contribution < -0.4 is 5.32 Å². The molecule has 0 atom stereocenters. The van der Waals surface area contributed by atoms with Gasteiger partial charge < -0.3 is 15.4 Å². The summed E-state index contributed by atoms with van der Waals surface area (Å²) in [7, 11) is 0. The van der Waals surface area contributed by atoms with Crippen molar-refractivity contribution in [3.63, 3.8) is 0 Å². The Balaban J connectivity index is 2.00. The second kappa shape index (κ2) is 5.94. The van der Waals surface area contributed by atoms with Gasteiger partial charge in [-0.2, -0.15) is 4.68 Å². The van der Waals surface area contributed by atoms with Crippen molar-refractivity contribution in [1.82, 2.24) is 14.8 Å². The monoisotopic (exact) mass is 261 g/mol. The molecule has 0 saturated carbocycles. The van der Waals surface area contributed by atoms with Crippen molar-refractivity contribution < 1.29 is 4.92 Å². The second-order valence-corrected chi connectivity index (χ2v) is 4.11. The number of aromatic nitrogens is 3. The topological polar surface area (TPSA) is 85.9 Å². The van der Waals surface area contributed by atoms with Crippen molar-refractivity contribution in [3.8, 4) is 0 Å². The summed E-state index contributed by atoms with van der Waals surface area (Å²) in [6.07, 6.45) is 4.37. The minimum atomic E-state index is -0.507. The number of anilines is 1. The van der Waals surface area contributed by atoms with Gasteiger partial charge in [0, 0.05) is 12.7 Å². The highest BCUT2D eigenvalue weighted by molar-refractivity contribution is 5.35. The van der Waals surface area contributed by atoms with Crippen molar-refractivity contribution in [3.05, 3.63) is 46.3 Å². The van der Waals surface area contributed by atoms with Gasteiger partial charge in [0.15, 0.2) is 0 Å². The average Bonchev–Trinajstić information content (AvgIpc) is 2.87. The maximum absolute atomic E-state index is 10.5. The van der Waals surface area contributed by atoms with Crippen LogP contribution in [0, 0.1) is 10.1 Å². The van der Waals surface area contributed by atoms with Gasteiger partial charge in [0.2, 0.25) is 0 Å². The fourth-order valence-electron chi connectivity index (χ4n) is 1.60. The van der Waals surface area contributed by atoms with Crippen LogP contribution in [0.25, 0.3) is 0 Å². The van der Waals surface area contributed by atoms with Crippen LogP contribution >= 0.6 is 0 Å². The van der Waals surface area contributed by atoms with Gasteiger partial charge in [0.05, 0.1) is 23.9 Å². The molecule has 1 N–H and O–H groups in total. The zero-order valence-electron chi connectivity index (χ0n) is 10.6. The molecule has 0 unspecified atom stereocenters. The van der Waals surface area contributed by atoms with Crippen LogP contribution in [0.1, 0.15) is 18.9 Å². The minimum absolute atomic E-state index is 0.144. The molecule has 2 rings (SSSR count). The summed E-state index contributed by atoms with van der Waals surface area (Å²) >= 11 is 0. The average molecular weight is 261 g/mol. The Hall–Kier alpha value is -2.44. The van der Waals surface area contributed by atoms with E-state index in [1.165, 1.54) is 10.7 Å². The van der Waals surface area contributed by atoms with Crippen LogP contribution in [-0.2, 0) is 6.54 Å². The van der Waals surface area contributed by atoms with E-state index in [-0.39, 0.29) is 5.82 Å². The van der Waals surface area contributed by atoms with Crippen LogP contribution in [0.5, 0.6) is 0 Å². The first-order chi connectivity index (χ1) is 9.19. The van der Waals surface area contributed by atoms with Gasteiger partial charge in [-0.1, -0.05) is 13.0 Å². The molecule has 7 nitrogen and oxygen atoms in total. The smallest absolute Gasteiger partial charge is 0.370 e. The predicted molar refractivity (Wildman–Crippen MR) is 71.0 cm³/mol. The minimum Gasteiger partial charge on any atom is -0.370 e. The molecule has 0 aliphatic carbocycles. The number of hydrogen-bond donors (Lipinski definition) is 1. The van der Waals surface area contributed by atoms with Gasteiger partial charge >= 0.3 is 5.82 Å². The molecule has 19 heavy (non-hydrogen) atoms. The normalized spacial score (nSPS) is 10.4. The molecule has 0 saturated heterocycles. The Morgan fingerprint density at radius 3 is 2.84 bits per heavy atom. The molecule has 0 fully saturated rings. The molecule has 0 spiro atoms. The zero-order valence-corrected chi connectivity index (χ0v) is 10.6. The molecular weight excluding hydrogens is 246 g/mol. The van der Waals surface area contributed by atoms with Crippen molar-refractivity contribution in [2.45, 2.75) is 19.9 Å². The second-order valence-electron chi connectivity index (χ2n) is 4.11. The predicted octanol–water partition coefficient (Wildman–Crippen LogP) is 2.06. The van der Waals surface area contributed by atoms with Crippen LogP contribution in [0.4, 0.5) is 11.6 Å². The maximum atomic E-state index is 10.5. The lowest BCUT2D eigenvalue weighted by Gasteiger charge is -2.04. The van der Waals surface area contributed by atoms with Crippen molar-refractivity contribution >= 4 is 11.6 Å². The van der Waals surface area contributed by atoms with Crippen LogP contribution in [0.15, 0.2) is 30.6 Å². The lowest BCUT2D eigenvalue weighted by molar-refractivity contribution is -0.389. The molecule has 2 aromatic rings. The molecule has 0 aliphatic rings. The summed E-state index contributed by atoms with van der Waals surface area (Å²) < 4.78 is 1.52. The van der Waals surface area contributed by atoms with Crippen molar-refractivity contribution in [2.24, 2.45) is 0 Å². The molecule has 2 heterocycles. The third kappa shape index (κ3) is 3.51. The van der Waals surface area contributed by atoms with Gasteiger partial charge in [0.1, 0.15) is 5.82 Å². The number of pyridine rings is 1. The molecule has 0 aromatic carbocycles. The molecule has 0 bridgehead atoms. The Morgan fingerprint density at radius 2 is 2.26 bits per heavy atom. The lowest BCUT2D eigenvalue weighted by Crippen LogP contribution is -2.04. The van der Waals surface area contributed by atoms with Crippen molar-refractivity contribution in [1.29, 1.82) is 0 Å². The van der Waals surface area contributed by atoms with Gasteiger partial charge in [-0.05, 0) is 23.0 Å². The first-order valence-electron chi connectivity index (χ1n) is 6.05. The number of nitro groups is 1. The Kier molecular flexibility index (Phi) is 4.07. The highest BCUT2D eigenvalue weighted by atomic mass is 16.6. The van der Waals surface area contributed by atoms with E-state index in [0.29, 0.717) is 6.54 Å². The van der Waals surface area contributed by atoms with E-state index in [2.05, 4.69) is 22.3 Å². The van der Waals surface area contributed by atoms with Crippen LogP contribution in [-0.4, -0.2) is 26.2 Å². The summed E-state index contributed by atoms with van der Waals surface area (Å²) in [5, 5.41) is 17.6. The third-order valence-corrected chi connectivity index (χ3v) is 2.54. The Morgan fingerprint density at radius 1 is 1.42 bits per heavy atom. The van der Waals surface area contributed by atoms with Gasteiger partial charge in [-0.25, -0.2) is 4.98 Å². The van der Waals surface area contributed by atoms with E-state index in [4.69, 9.17) is 0 Å². The zero-order chi connectivity index (χ0) is 13.7. The van der Waals surface area contributed by atoms with E-state index >= 15 is 0 Å². The largest absolute Gasteiger partial charge is 0.389 e. The Bertz CT molecular complexity index is 550. The highest BCUT2D eigenvalue weighted by Gasteiger charge is 2.10. The number of hydrogen-bond acceptors (Lipinski definition) is 5. The molecule has 0 amide bonds. The van der Waals surface area contributed by atoms with E-state index in [1.54, 1.807) is 12.4 Å². The van der Waals surface area contributed by atoms with Crippen molar-refractivity contribution in [2.75, 3.05) is 11.9 Å². The quantitative estimate of drug-likeness (QED) is 0.635. The van der Waals surface area contributed by atoms with E-state index < -0.39 is 4.92 Å². The molecule has 7 heteroatoms. The van der Waals surface area contributed by atoms with E-state index in [9.17, 15) is 10.1 Å². The molecule has 100 valence electrons. The van der Waals surface area contributed by atoms with Crippen LogP contribution in [0.2, 0.25) is 0 Å². The van der Waals surface area contributed by atoms with Gasteiger partial charge in [-0.3, -0.25) is 0 Å². The number of rotatable bonds is 6. The number of nitrogens with zero attached hydrogens (tertiary/aromatic N) is 4. The molecule has 0 radical (unpaired) electrons. The maximum Gasteiger partial charge on any atom is 0.389 e. The first-order valence-corrected chi connectivity index (χ1v) is 6.05. The summed E-state index contributed by atoms with van der Waals surface area (Å²) in [5.74, 6) is 0.686. The SMILES string of the molecule is CCCNc1ccc(Cn2ccc([N+](=O)[O-])n2)cn1. The fourth-order valence-corrected chi connectivity index (χ4v) is 1.60. The fraction of sp³-hybridized carbons (Fsp3) is 0.333. The number of nitrogens with one attached hydrogen (secondary N) is 1. The molecular formula is C12H15N5O2. The summed E-state index contributed by atoms with van der Waals surface area (Å²) in [6, 6.07) is 5.20. The lowest BCUT2D eigenvalue weighted by atomic mass is 10.3. The molecule has 2 aromatic heterocycles. The summed E-state index contributed by atoms with van der Waals surface area (Å²) in [4.78, 5) is 14.3. The highest BCUT2D eigenvalue weighted by Crippen LogP contribution is 2.09. The van der Waals surface area contributed by atoms with E-state index in [1.807, 2.05) is 12.1 Å². The van der Waals surface area contributed by atoms with E-state index in [0.717, 1.165) is 24.3 Å². The molecule has 0 aliphatic heterocycles. The standard InChI is InChI=1S/C12H15N5O2/c1-2-6-13-11-4-3-10(8-14-11)9-16-7-5-12(15-16)17(18)19/h3-5,7-8H,2,6,9H2,1H3,(H,13,14). The Labute approximate surface area is 110 Å². The van der Waals surface area contributed by atoms with Gasteiger partial charge in [0.25, 0.3) is 0 Å². The summed E-state index contributed by atoms with van der Waals surface area (Å²) in [6.45, 7) is 3.44. The van der Waals surface area contributed by atoms with Crippen LogP contribution in [0.3, 0.4) is 0 Å². The third-order valence-electron chi connectivity index (χ3n) is 2.54. The summed E-state index contributed by atoms with van der Waals surface area (Å²) in [5.41, 5.74) is 0.944. The first kappa shape index (κ1) is 13.0. The van der Waals surface area contributed by atoms with Gasteiger partial charge in [-0.15, -0.1) is 0 Å².